The molecule has 2 nitrogen and oxygen atoms in total. The predicted octanol–water partition coefficient (Wildman–Crippen LogP) is 2.32. The summed E-state index contributed by atoms with van der Waals surface area (Å²) in [6.07, 6.45) is -4.59. The van der Waals surface area contributed by atoms with E-state index in [4.69, 9.17) is 0 Å². The standard InChI is InChI=1S/C9H11F3O2/c1-5-3-7(14)8(2,4-6(5)13)9(10,11)12/h3-4,7,13-14H,1-2H3. The first-order chi connectivity index (χ1) is 6.18. The van der Waals surface area contributed by atoms with Crippen molar-refractivity contribution in [3.05, 3.63) is 23.5 Å². The second kappa shape index (κ2) is 3.02. The van der Waals surface area contributed by atoms with E-state index in [0.717, 1.165) is 13.0 Å². The summed E-state index contributed by atoms with van der Waals surface area (Å²) in [5, 5.41) is 18.5. The van der Waals surface area contributed by atoms with Gasteiger partial charge in [0.25, 0.3) is 0 Å². The summed E-state index contributed by atoms with van der Waals surface area (Å²) in [5.41, 5.74) is -2.16. The van der Waals surface area contributed by atoms with Crippen molar-refractivity contribution in [3.8, 4) is 0 Å². The van der Waals surface area contributed by atoms with E-state index in [1.165, 1.54) is 6.92 Å². The highest BCUT2D eigenvalue weighted by Crippen LogP contribution is 2.45. The molecule has 0 amide bonds. The molecule has 0 aliphatic heterocycles. The molecule has 2 unspecified atom stereocenters. The van der Waals surface area contributed by atoms with Gasteiger partial charge in [-0.15, -0.1) is 0 Å². The molecular formula is C9H11F3O2. The fraction of sp³-hybridized carbons (Fsp3) is 0.556. The van der Waals surface area contributed by atoms with Crippen molar-refractivity contribution >= 4 is 0 Å². The van der Waals surface area contributed by atoms with Crippen LogP contribution in [-0.2, 0) is 0 Å². The summed E-state index contributed by atoms with van der Waals surface area (Å²) in [6, 6.07) is 0. The molecule has 1 aliphatic rings. The average Bonchev–Trinajstić information content (AvgIpc) is 1.99. The largest absolute Gasteiger partial charge is 0.508 e. The average molecular weight is 208 g/mol. The van der Waals surface area contributed by atoms with Gasteiger partial charge in [0.05, 0.1) is 6.10 Å². The smallest absolute Gasteiger partial charge is 0.400 e. The molecule has 0 fully saturated rings. The van der Waals surface area contributed by atoms with E-state index in [2.05, 4.69) is 0 Å². The highest BCUT2D eigenvalue weighted by atomic mass is 19.4. The van der Waals surface area contributed by atoms with Gasteiger partial charge in [-0.1, -0.05) is 0 Å². The molecule has 2 atom stereocenters. The summed E-state index contributed by atoms with van der Waals surface area (Å²) in [4.78, 5) is 0. The second-order valence-electron chi connectivity index (χ2n) is 3.60. The number of aliphatic hydroxyl groups is 2. The van der Waals surface area contributed by atoms with Gasteiger partial charge in [0.2, 0.25) is 0 Å². The molecule has 0 aromatic rings. The summed E-state index contributed by atoms with van der Waals surface area (Å²) < 4.78 is 37.6. The van der Waals surface area contributed by atoms with Gasteiger partial charge in [-0.05, 0) is 31.6 Å². The lowest BCUT2D eigenvalue weighted by molar-refractivity contribution is -0.223. The van der Waals surface area contributed by atoms with E-state index < -0.39 is 23.5 Å². The molecule has 0 aromatic heterocycles. The van der Waals surface area contributed by atoms with E-state index in [-0.39, 0.29) is 5.57 Å². The SMILES string of the molecule is CC1=CC(O)C(C)(C(F)(F)F)C=C1O. The first kappa shape index (κ1) is 11.1. The predicted molar refractivity (Wildman–Crippen MR) is 44.6 cm³/mol. The molecular weight excluding hydrogens is 197 g/mol. The maximum Gasteiger partial charge on any atom is 0.400 e. The molecule has 5 heteroatoms. The summed E-state index contributed by atoms with van der Waals surface area (Å²) in [7, 11) is 0. The quantitative estimate of drug-likeness (QED) is 0.641. The lowest BCUT2D eigenvalue weighted by atomic mass is 9.78. The zero-order valence-electron chi connectivity index (χ0n) is 7.76. The van der Waals surface area contributed by atoms with Crippen LogP contribution >= 0.6 is 0 Å². The Hall–Kier alpha value is -0.970. The maximum absolute atomic E-state index is 12.5. The van der Waals surface area contributed by atoms with E-state index in [1.807, 2.05) is 0 Å². The third-order valence-electron chi connectivity index (χ3n) is 2.47. The Labute approximate surface area is 79.4 Å². The zero-order chi connectivity index (χ0) is 11.1. The molecule has 1 rings (SSSR count). The Morgan fingerprint density at radius 1 is 1.43 bits per heavy atom. The summed E-state index contributed by atoms with van der Waals surface area (Å²) in [5.74, 6) is -0.435. The van der Waals surface area contributed by atoms with Crippen molar-refractivity contribution in [3.63, 3.8) is 0 Å². The monoisotopic (exact) mass is 208 g/mol. The molecule has 0 saturated carbocycles. The lowest BCUT2D eigenvalue weighted by Gasteiger charge is -2.35. The van der Waals surface area contributed by atoms with Crippen LogP contribution in [0.1, 0.15) is 13.8 Å². The van der Waals surface area contributed by atoms with E-state index in [1.54, 1.807) is 0 Å². The fourth-order valence-corrected chi connectivity index (χ4v) is 1.23. The van der Waals surface area contributed by atoms with Crippen LogP contribution in [0, 0.1) is 5.41 Å². The molecule has 14 heavy (non-hydrogen) atoms. The lowest BCUT2D eigenvalue weighted by Crippen LogP contribution is -2.44. The third-order valence-corrected chi connectivity index (χ3v) is 2.47. The molecule has 80 valence electrons. The van der Waals surface area contributed by atoms with Crippen LogP contribution < -0.4 is 0 Å². The van der Waals surface area contributed by atoms with E-state index in [0.29, 0.717) is 6.08 Å². The number of alkyl halides is 3. The van der Waals surface area contributed by atoms with Crippen LogP contribution in [0.25, 0.3) is 0 Å². The summed E-state index contributed by atoms with van der Waals surface area (Å²) >= 11 is 0. The van der Waals surface area contributed by atoms with Crippen LogP contribution in [0.4, 0.5) is 13.2 Å². The molecule has 0 aromatic carbocycles. The number of halogens is 3. The molecule has 0 saturated heterocycles. The zero-order valence-corrected chi connectivity index (χ0v) is 7.76. The molecule has 0 bridgehead atoms. The van der Waals surface area contributed by atoms with Crippen molar-refractivity contribution in [1.82, 2.24) is 0 Å². The van der Waals surface area contributed by atoms with Gasteiger partial charge in [0, 0.05) is 0 Å². The number of hydrogen-bond donors (Lipinski definition) is 2. The van der Waals surface area contributed by atoms with Crippen molar-refractivity contribution in [2.24, 2.45) is 5.41 Å². The van der Waals surface area contributed by atoms with Crippen LogP contribution in [-0.4, -0.2) is 22.5 Å². The van der Waals surface area contributed by atoms with Crippen molar-refractivity contribution < 1.29 is 23.4 Å². The minimum absolute atomic E-state index is 0.249. The summed E-state index contributed by atoms with van der Waals surface area (Å²) in [6.45, 7) is 2.28. The van der Waals surface area contributed by atoms with Crippen LogP contribution in [0.3, 0.4) is 0 Å². The topological polar surface area (TPSA) is 40.5 Å². The van der Waals surface area contributed by atoms with Crippen molar-refractivity contribution in [2.75, 3.05) is 0 Å². The minimum atomic E-state index is -4.59. The number of allylic oxidation sites excluding steroid dienone is 1. The van der Waals surface area contributed by atoms with Crippen LogP contribution in [0.15, 0.2) is 23.5 Å². The first-order valence-electron chi connectivity index (χ1n) is 4.04. The fourth-order valence-electron chi connectivity index (χ4n) is 1.23. The van der Waals surface area contributed by atoms with Gasteiger partial charge in [-0.3, -0.25) is 0 Å². The van der Waals surface area contributed by atoms with Gasteiger partial charge in [0.1, 0.15) is 11.2 Å². The number of aliphatic hydroxyl groups excluding tert-OH is 2. The molecule has 0 spiro atoms. The Bertz CT molecular complexity index is 304. The Kier molecular flexibility index (Phi) is 2.39. The van der Waals surface area contributed by atoms with Crippen LogP contribution in [0.2, 0.25) is 0 Å². The van der Waals surface area contributed by atoms with Gasteiger partial charge < -0.3 is 10.2 Å². The Balaban J connectivity index is 3.16. The van der Waals surface area contributed by atoms with Gasteiger partial charge in [-0.25, -0.2) is 0 Å². The van der Waals surface area contributed by atoms with E-state index >= 15 is 0 Å². The molecule has 1 aliphatic carbocycles. The highest BCUT2D eigenvalue weighted by Gasteiger charge is 2.55. The maximum atomic E-state index is 12.5. The molecule has 0 radical (unpaired) electrons. The van der Waals surface area contributed by atoms with Crippen molar-refractivity contribution in [1.29, 1.82) is 0 Å². The molecule has 2 N–H and O–H groups in total. The number of rotatable bonds is 0. The minimum Gasteiger partial charge on any atom is -0.508 e. The second-order valence-corrected chi connectivity index (χ2v) is 3.60. The first-order valence-corrected chi connectivity index (χ1v) is 4.04. The Morgan fingerprint density at radius 3 is 2.36 bits per heavy atom. The van der Waals surface area contributed by atoms with Gasteiger partial charge >= 0.3 is 6.18 Å². The Morgan fingerprint density at radius 2 is 1.93 bits per heavy atom. The van der Waals surface area contributed by atoms with Crippen molar-refractivity contribution in [2.45, 2.75) is 26.1 Å². The van der Waals surface area contributed by atoms with Gasteiger partial charge in [0.15, 0.2) is 0 Å². The normalized spacial score (nSPS) is 33.7. The van der Waals surface area contributed by atoms with Gasteiger partial charge in [-0.2, -0.15) is 13.2 Å². The highest BCUT2D eigenvalue weighted by molar-refractivity contribution is 5.33. The third kappa shape index (κ3) is 1.52. The van der Waals surface area contributed by atoms with E-state index in [9.17, 15) is 23.4 Å². The van der Waals surface area contributed by atoms with Crippen LogP contribution in [0.5, 0.6) is 0 Å². The number of hydrogen-bond acceptors (Lipinski definition) is 2. The molecule has 0 heterocycles.